The molecule has 0 atom stereocenters. The van der Waals surface area contributed by atoms with Crippen molar-refractivity contribution in [3.05, 3.63) is 52.5 Å². The number of halogens is 1. The van der Waals surface area contributed by atoms with Crippen molar-refractivity contribution in [1.29, 1.82) is 0 Å². The van der Waals surface area contributed by atoms with Gasteiger partial charge in [-0.15, -0.1) is 0 Å². The number of hydrogen-bond acceptors (Lipinski definition) is 6. The Kier molecular flexibility index (Phi) is 8.78. The zero-order valence-electron chi connectivity index (χ0n) is 19.9. The van der Waals surface area contributed by atoms with Gasteiger partial charge in [-0.1, -0.05) is 42.3 Å². The largest absolute Gasteiger partial charge is 0.494 e. The second-order valence-corrected chi connectivity index (χ2v) is 10.0. The molecule has 2 aromatic carbocycles. The number of thiazole rings is 1. The fourth-order valence-electron chi connectivity index (χ4n) is 4.03. The van der Waals surface area contributed by atoms with Crippen LogP contribution in [-0.4, -0.2) is 61.8 Å². The molecule has 6 nitrogen and oxygen atoms in total. The molecule has 0 unspecified atom stereocenters. The van der Waals surface area contributed by atoms with Crippen LogP contribution in [0.1, 0.15) is 42.1 Å². The highest BCUT2D eigenvalue weighted by molar-refractivity contribution is 7.22. The standard InChI is InChI=1S/C26H32ClN3O3S/c1-3-4-13-33-22-8-5-7-20(17-22)25(31)30(10-6-9-29-11-14-32-15-12-29)26-28-24-19(2)16-21(27)18-23(24)34-26/h5,7-8,16-18H,3-4,6,9-15H2,1-2H3. The molecule has 4 rings (SSSR count). The predicted octanol–water partition coefficient (Wildman–Crippen LogP) is 5.81. The molecule has 8 heteroatoms. The number of aromatic nitrogens is 1. The number of hydrogen-bond donors (Lipinski definition) is 0. The van der Waals surface area contributed by atoms with Gasteiger partial charge < -0.3 is 9.47 Å². The Hall–Kier alpha value is -2.19. The van der Waals surface area contributed by atoms with Gasteiger partial charge in [0.05, 0.1) is 30.0 Å². The summed E-state index contributed by atoms with van der Waals surface area (Å²) in [6.45, 7) is 9.69. The highest BCUT2D eigenvalue weighted by atomic mass is 35.5. The van der Waals surface area contributed by atoms with Crippen LogP contribution in [0.15, 0.2) is 36.4 Å². The van der Waals surface area contributed by atoms with Crippen molar-refractivity contribution in [3.8, 4) is 5.75 Å². The monoisotopic (exact) mass is 501 g/mol. The number of anilines is 1. The molecule has 0 bridgehead atoms. The summed E-state index contributed by atoms with van der Waals surface area (Å²) in [5.41, 5.74) is 2.51. The van der Waals surface area contributed by atoms with E-state index < -0.39 is 0 Å². The Morgan fingerprint density at radius 1 is 1.24 bits per heavy atom. The number of amides is 1. The zero-order valence-corrected chi connectivity index (χ0v) is 21.5. The van der Waals surface area contributed by atoms with Crippen LogP contribution in [0, 0.1) is 6.92 Å². The van der Waals surface area contributed by atoms with Gasteiger partial charge in [-0.3, -0.25) is 14.6 Å². The van der Waals surface area contributed by atoms with Gasteiger partial charge >= 0.3 is 0 Å². The maximum Gasteiger partial charge on any atom is 0.260 e. The van der Waals surface area contributed by atoms with Crippen LogP contribution < -0.4 is 9.64 Å². The Morgan fingerprint density at radius 3 is 2.85 bits per heavy atom. The Balaban J connectivity index is 1.57. The SMILES string of the molecule is CCCCOc1cccc(C(=O)N(CCCN2CCOCC2)c2nc3c(C)cc(Cl)cc3s2)c1. The summed E-state index contributed by atoms with van der Waals surface area (Å²) in [4.78, 5) is 22.8. The summed E-state index contributed by atoms with van der Waals surface area (Å²) in [6.07, 6.45) is 2.91. The predicted molar refractivity (Wildman–Crippen MR) is 140 cm³/mol. The lowest BCUT2D eigenvalue weighted by atomic mass is 10.2. The third kappa shape index (κ3) is 6.27. The van der Waals surface area contributed by atoms with Crippen LogP contribution in [0.25, 0.3) is 10.2 Å². The van der Waals surface area contributed by atoms with Gasteiger partial charge in [0.1, 0.15) is 5.75 Å². The average molecular weight is 502 g/mol. The first kappa shape index (κ1) is 24.9. The maximum absolute atomic E-state index is 13.7. The molecular formula is C26H32ClN3O3S. The molecule has 2 heterocycles. The van der Waals surface area contributed by atoms with Crippen LogP contribution in [0.2, 0.25) is 5.02 Å². The van der Waals surface area contributed by atoms with Crippen molar-refractivity contribution in [2.45, 2.75) is 33.1 Å². The van der Waals surface area contributed by atoms with Crippen LogP contribution in [0.4, 0.5) is 5.13 Å². The number of ether oxygens (including phenoxy) is 2. The van der Waals surface area contributed by atoms with Gasteiger partial charge in [-0.2, -0.15) is 0 Å². The molecule has 1 aromatic heterocycles. The lowest BCUT2D eigenvalue weighted by Crippen LogP contribution is -2.39. The second kappa shape index (κ2) is 12.0. The lowest BCUT2D eigenvalue weighted by Gasteiger charge is -2.27. The van der Waals surface area contributed by atoms with E-state index in [9.17, 15) is 4.79 Å². The summed E-state index contributed by atoms with van der Waals surface area (Å²) in [5, 5.41) is 1.38. The topological polar surface area (TPSA) is 54.9 Å². The summed E-state index contributed by atoms with van der Waals surface area (Å²) < 4.78 is 12.3. The minimum atomic E-state index is -0.0641. The fourth-order valence-corrected chi connectivity index (χ4v) is 5.47. The van der Waals surface area contributed by atoms with Crippen molar-refractivity contribution < 1.29 is 14.3 Å². The third-order valence-electron chi connectivity index (χ3n) is 5.92. The number of rotatable bonds is 10. The van der Waals surface area contributed by atoms with E-state index in [-0.39, 0.29) is 5.91 Å². The minimum Gasteiger partial charge on any atom is -0.494 e. The number of unbranched alkanes of at least 4 members (excludes halogenated alkanes) is 1. The molecule has 1 fully saturated rings. The van der Waals surface area contributed by atoms with Crippen molar-refractivity contribution in [2.75, 3.05) is 50.9 Å². The Morgan fingerprint density at radius 2 is 2.06 bits per heavy atom. The second-order valence-electron chi connectivity index (χ2n) is 8.56. The van der Waals surface area contributed by atoms with Crippen molar-refractivity contribution in [1.82, 2.24) is 9.88 Å². The summed E-state index contributed by atoms with van der Waals surface area (Å²) in [5.74, 6) is 0.658. The van der Waals surface area contributed by atoms with Crippen molar-refractivity contribution in [2.24, 2.45) is 0 Å². The molecule has 34 heavy (non-hydrogen) atoms. The van der Waals surface area contributed by atoms with Gasteiger partial charge in [0, 0.05) is 36.8 Å². The highest BCUT2D eigenvalue weighted by Crippen LogP contribution is 2.34. The Labute approximate surface area is 210 Å². The van der Waals surface area contributed by atoms with E-state index >= 15 is 0 Å². The third-order valence-corrected chi connectivity index (χ3v) is 7.17. The molecule has 0 aliphatic carbocycles. The van der Waals surface area contributed by atoms with Crippen molar-refractivity contribution >= 4 is 44.2 Å². The first-order valence-electron chi connectivity index (χ1n) is 12.0. The Bertz CT molecular complexity index is 1110. The fraction of sp³-hybridized carbons (Fsp3) is 0.462. The van der Waals surface area contributed by atoms with Gasteiger partial charge in [-0.25, -0.2) is 4.98 Å². The first-order valence-corrected chi connectivity index (χ1v) is 13.2. The van der Waals surface area contributed by atoms with Crippen molar-refractivity contribution in [3.63, 3.8) is 0 Å². The normalized spacial score (nSPS) is 14.4. The smallest absolute Gasteiger partial charge is 0.260 e. The lowest BCUT2D eigenvalue weighted by molar-refractivity contribution is 0.0376. The summed E-state index contributed by atoms with van der Waals surface area (Å²) >= 11 is 7.79. The van der Waals surface area contributed by atoms with E-state index in [1.54, 1.807) is 0 Å². The maximum atomic E-state index is 13.7. The number of aryl methyl sites for hydroxylation is 1. The molecule has 0 saturated carbocycles. The van der Waals surface area contributed by atoms with Gasteiger partial charge in [0.2, 0.25) is 0 Å². The number of nitrogens with zero attached hydrogens (tertiary/aromatic N) is 3. The first-order chi connectivity index (χ1) is 16.5. The summed E-state index contributed by atoms with van der Waals surface area (Å²) in [6, 6.07) is 11.3. The molecular weight excluding hydrogens is 470 g/mol. The highest BCUT2D eigenvalue weighted by Gasteiger charge is 2.23. The number of carbonyl (C=O) groups is 1. The number of benzene rings is 2. The van der Waals surface area contributed by atoms with Gasteiger partial charge in [-0.05, 0) is 55.7 Å². The van der Waals surface area contributed by atoms with Crippen LogP contribution in [0.3, 0.4) is 0 Å². The number of carbonyl (C=O) groups excluding carboxylic acids is 1. The average Bonchev–Trinajstić information content (AvgIpc) is 3.26. The van der Waals surface area contributed by atoms with E-state index in [1.165, 1.54) is 11.3 Å². The van der Waals surface area contributed by atoms with E-state index in [1.807, 2.05) is 48.2 Å². The summed E-state index contributed by atoms with van der Waals surface area (Å²) in [7, 11) is 0. The minimum absolute atomic E-state index is 0.0641. The number of fused-ring (bicyclic) bond motifs is 1. The van der Waals surface area contributed by atoms with Crippen LogP contribution in [-0.2, 0) is 4.74 Å². The molecule has 1 aliphatic rings. The van der Waals surface area contributed by atoms with E-state index in [0.29, 0.717) is 28.9 Å². The number of morpholine rings is 1. The quantitative estimate of drug-likeness (QED) is 0.328. The van der Waals surface area contributed by atoms with Gasteiger partial charge in [0.15, 0.2) is 5.13 Å². The van der Waals surface area contributed by atoms with E-state index in [0.717, 1.165) is 73.6 Å². The molecule has 0 N–H and O–H groups in total. The molecule has 1 amide bonds. The van der Waals surface area contributed by atoms with Crippen LogP contribution in [0.5, 0.6) is 5.75 Å². The van der Waals surface area contributed by atoms with Crippen LogP contribution >= 0.6 is 22.9 Å². The van der Waals surface area contributed by atoms with E-state index in [4.69, 9.17) is 26.1 Å². The molecule has 1 saturated heterocycles. The van der Waals surface area contributed by atoms with Gasteiger partial charge in [0.25, 0.3) is 5.91 Å². The van der Waals surface area contributed by atoms with E-state index in [2.05, 4.69) is 11.8 Å². The molecule has 1 aliphatic heterocycles. The molecule has 0 spiro atoms. The zero-order chi connectivity index (χ0) is 23.9. The molecule has 182 valence electrons. The molecule has 0 radical (unpaired) electrons. The molecule has 3 aromatic rings.